The Bertz CT molecular complexity index is 1030. The molecule has 28 heavy (non-hydrogen) atoms. The molecule has 3 aromatic carbocycles. The normalized spacial score (nSPS) is 19.2. The molecule has 0 saturated carbocycles. The van der Waals surface area contributed by atoms with Crippen molar-refractivity contribution in [2.75, 3.05) is 0 Å². The predicted molar refractivity (Wildman–Crippen MR) is 109 cm³/mol. The van der Waals surface area contributed by atoms with E-state index in [1.807, 2.05) is 84.9 Å². The van der Waals surface area contributed by atoms with Crippen LogP contribution in [0, 0.1) is 0 Å². The van der Waals surface area contributed by atoms with Crippen molar-refractivity contribution in [3.8, 4) is 11.1 Å². The molecule has 1 aliphatic rings. The van der Waals surface area contributed by atoms with Gasteiger partial charge in [0, 0.05) is 0 Å². The molecule has 1 atom stereocenters. The molecule has 4 rings (SSSR count). The van der Waals surface area contributed by atoms with Crippen LogP contribution in [0.4, 0.5) is 4.79 Å². The van der Waals surface area contributed by atoms with Crippen molar-refractivity contribution in [2.45, 2.75) is 12.5 Å². The van der Waals surface area contributed by atoms with Gasteiger partial charge in [0.2, 0.25) is 0 Å². The third kappa shape index (κ3) is 3.18. The number of hydrogen-bond donors (Lipinski definition) is 1. The van der Waals surface area contributed by atoms with Gasteiger partial charge >= 0.3 is 6.03 Å². The van der Waals surface area contributed by atoms with Crippen LogP contribution in [0.3, 0.4) is 0 Å². The highest BCUT2D eigenvalue weighted by Gasteiger charge is 2.49. The first-order valence-corrected chi connectivity index (χ1v) is 9.00. The maximum absolute atomic E-state index is 12.8. The van der Waals surface area contributed by atoms with Gasteiger partial charge in [-0.3, -0.25) is 4.79 Å². The molecule has 1 fully saturated rings. The fourth-order valence-corrected chi connectivity index (χ4v) is 3.21. The van der Waals surface area contributed by atoms with E-state index in [1.165, 1.54) is 6.21 Å². The summed E-state index contributed by atoms with van der Waals surface area (Å²) < 4.78 is 0. The standard InChI is InChI=1S/C23H19N3O2/c1-23(20-10-6-3-7-11-20)21(27)26(22(28)25-23)24-16-17-12-14-19(15-13-17)18-8-4-2-5-9-18/h2-16H,1H3,(H,25,28)/b24-16-/t23-/m0/s1. The fraction of sp³-hybridized carbons (Fsp3) is 0.0870. The number of nitrogens with one attached hydrogen (secondary N) is 1. The number of carbonyl (C=O) groups excluding carboxylic acids is 2. The van der Waals surface area contributed by atoms with Crippen molar-refractivity contribution < 1.29 is 9.59 Å². The Hall–Kier alpha value is -3.73. The molecule has 1 N–H and O–H groups in total. The molecular formula is C23H19N3O2. The molecule has 0 radical (unpaired) electrons. The van der Waals surface area contributed by atoms with Gasteiger partial charge in [0.1, 0.15) is 5.54 Å². The highest BCUT2D eigenvalue weighted by atomic mass is 16.2. The molecule has 5 nitrogen and oxygen atoms in total. The smallest absolute Gasteiger partial charge is 0.318 e. The lowest BCUT2D eigenvalue weighted by atomic mass is 9.92. The minimum Gasteiger partial charge on any atom is -0.318 e. The first-order valence-electron chi connectivity index (χ1n) is 9.00. The van der Waals surface area contributed by atoms with Crippen LogP contribution < -0.4 is 5.32 Å². The molecule has 0 spiro atoms. The molecule has 0 bridgehead atoms. The Kier molecular flexibility index (Phi) is 4.49. The Morgan fingerprint density at radius 1 is 0.821 bits per heavy atom. The number of urea groups is 1. The third-order valence-electron chi connectivity index (χ3n) is 4.86. The molecule has 1 saturated heterocycles. The number of hydrogen-bond acceptors (Lipinski definition) is 3. The predicted octanol–water partition coefficient (Wildman–Crippen LogP) is 4.15. The lowest BCUT2D eigenvalue weighted by Crippen LogP contribution is -2.40. The van der Waals surface area contributed by atoms with E-state index >= 15 is 0 Å². The van der Waals surface area contributed by atoms with E-state index in [0.29, 0.717) is 0 Å². The third-order valence-corrected chi connectivity index (χ3v) is 4.86. The minimum absolute atomic E-state index is 0.402. The largest absolute Gasteiger partial charge is 0.346 e. The lowest BCUT2D eigenvalue weighted by molar-refractivity contribution is -0.131. The van der Waals surface area contributed by atoms with Gasteiger partial charge in [0.15, 0.2) is 0 Å². The van der Waals surface area contributed by atoms with Crippen molar-refractivity contribution in [3.05, 3.63) is 96.1 Å². The molecule has 3 amide bonds. The summed E-state index contributed by atoms with van der Waals surface area (Å²) in [5.74, 6) is -0.402. The first-order chi connectivity index (χ1) is 13.6. The molecule has 5 heteroatoms. The van der Waals surface area contributed by atoms with Crippen molar-refractivity contribution in [3.63, 3.8) is 0 Å². The summed E-state index contributed by atoms with van der Waals surface area (Å²) in [7, 11) is 0. The quantitative estimate of drug-likeness (QED) is 0.555. The number of rotatable bonds is 4. The Labute approximate surface area is 163 Å². The summed E-state index contributed by atoms with van der Waals surface area (Å²) in [5, 5.41) is 7.75. The zero-order valence-corrected chi connectivity index (χ0v) is 15.4. The van der Waals surface area contributed by atoms with Crippen LogP contribution in [0.5, 0.6) is 0 Å². The van der Waals surface area contributed by atoms with E-state index in [0.717, 1.165) is 27.3 Å². The van der Waals surface area contributed by atoms with Crippen LogP contribution in [0.1, 0.15) is 18.1 Å². The van der Waals surface area contributed by atoms with Crippen molar-refractivity contribution in [2.24, 2.45) is 5.10 Å². The van der Waals surface area contributed by atoms with Crippen LogP contribution in [0.2, 0.25) is 0 Å². The van der Waals surface area contributed by atoms with Crippen molar-refractivity contribution in [1.82, 2.24) is 10.3 Å². The number of benzene rings is 3. The molecule has 1 heterocycles. The van der Waals surface area contributed by atoms with Crippen LogP contribution >= 0.6 is 0 Å². The number of carbonyl (C=O) groups is 2. The van der Waals surface area contributed by atoms with Gasteiger partial charge in [-0.15, -0.1) is 5.01 Å². The lowest BCUT2D eigenvalue weighted by Gasteiger charge is -2.20. The van der Waals surface area contributed by atoms with Gasteiger partial charge in [0.05, 0.1) is 6.21 Å². The Morgan fingerprint density at radius 2 is 1.39 bits per heavy atom. The Morgan fingerprint density at radius 3 is 2.04 bits per heavy atom. The molecule has 138 valence electrons. The summed E-state index contributed by atoms with van der Waals surface area (Å²) in [6.45, 7) is 1.69. The van der Waals surface area contributed by atoms with Crippen molar-refractivity contribution in [1.29, 1.82) is 0 Å². The minimum atomic E-state index is -1.12. The summed E-state index contributed by atoms with van der Waals surface area (Å²) in [4.78, 5) is 25.1. The zero-order valence-electron chi connectivity index (χ0n) is 15.4. The molecular weight excluding hydrogens is 350 g/mol. The second-order valence-corrected chi connectivity index (χ2v) is 6.77. The molecule has 1 aliphatic heterocycles. The topological polar surface area (TPSA) is 61.8 Å². The van der Waals surface area contributed by atoms with Gasteiger partial charge in [-0.25, -0.2) is 4.79 Å². The van der Waals surface area contributed by atoms with Crippen molar-refractivity contribution >= 4 is 18.2 Å². The molecule has 0 aliphatic carbocycles. The van der Waals surface area contributed by atoms with Gasteiger partial charge in [-0.2, -0.15) is 5.10 Å². The second-order valence-electron chi connectivity index (χ2n) is 6.77. The molecule has 3 aromatic rings. The van der Waals surface area contributed by atoms with E-state index in [2.05, 4.69) is 10.4 Å². The fourth-order valence-electron chi connectivity index (χ4n) is 3.21. The highest BCUT2D eigenvalue weighted by molar-refractivity contribution is 6.07. The number of nitrogens with zero attached hydrogens (tertiary/aromatic N) is 2. The van der Waals surface area contributed by atoms with Crippen LogP contribution in [0.25, 0.3) is 11.1 Å². The maximum atomic E-state index is 12.8. The first kappa shape index (κ1) is 17.7. The summed E-state index contributed by atoms with van der Waals surface area (Å²) in [6.07, 6.45) is 1.52. The van der Waals surface area contributed by atoms with E-state index in [-0.39, 0.29) is 0 Å². The van der Waals surface area contributed by atoms with Crippen LogP contribution in [0.15, 0.2) is 90.0 Å². The van der Waals surface area contributed by atoms with E-state index in [9.17, 15) is 9.59 Å². The average molecular weight is 369 g/mol. The summed E-state index contributed by atoms with van der Waals surface area (Å²) in [6, 6.07) is 26.4. The molecule has 0 unspecified atom stereocenters. The average Bonchev–Trinajstić information content (AvgIpc) is 2.97. The second kappa shape index (κ2) is 7.12. The highest BCUT2D eigenvalue weighted by Crippen LogP contribution is 2.28. The van der Waals surface area contributed by atoms with Gasteiger partial charge < -0.3 is 5.32 Å². The van der Waals surface area contributed by atoms with Gasteiger partial charge in [-0.05, 0) is 29.2 Å². The maximum Gasteiger partial charge on any atom is 0.346 e. The van der Waals surface area contributed by atoms with E-state index in [1.54, 1.807) is 6.92 Å². The Balaban J connectivity index is 1.53. The SMILES string of the molecule is C[C@@]1(c2ccccc2)NC(=O)N(/N=C\c2ccc(-c3ccccc3)cc2)C1=O. The number of hydrazone groups is 1. The monoisotopic (exact) mass is 369 g/mol. The van der Waals surface area contributed by atoms with Crippen LogP contribution in [-0.4, -0.2) is 23.2 Å². The van der Waals surface area contributed by atoms with E-state index < -0.39 is 17.5 Å². The molecule has 0 aromatic heterocycles. The van der Waals surface area contributed by atoms with Gasteiger partial charge in [-0.1, -0.05) is 84.9 Å². The van der Waals surface area contributed by atoms with Crippen LogP contribution in [-0.2, 0) is 10.3 Å². The van der Waals surface area contributed by atoms with Gasteiger partial charge in [0.25, 0.3) is 5.91 Å². The van der Waals surface area contributed by atoms with E-state index in [4.69, 9.17) is 0 Å². The zero-order chi connectivity index (χ0) is 19.6. The summed E-state index contributed by atoms with van der Waals surface area (Å²) >= 11 is 0. The number of amides is 3. The number of imide groups is 1. The summed E-state index contributed by atoms with van der Waals surface area (Å²) in [5.41, 5.74) is 2.61.